The first-order valence-corrected chi connectivity index (χ1v) is 9.50. The fourth-order valence-electron chi connectivity index (χ4n) is 3.31. The van der Waals surface area contributed by atoms with Crippen LogP contribution in [0, 0.1) is 0 Å². The first kappa shape index (κ1) is 18.5. The van der Waals surface area contributed by atoms with E-state index in [1.165, 1.54) is 5.56 Å². The molecule has 1 aliphatic heterocycles. The predicted molar refractivity (Wildman–Crippen MR) is 104 cm³/mol. The second kappa shape index (κ2) is 9.39. The molecule has 1 atom stereocenters. The smallest absolute Gasteiger partial charge is 0.410 e. The molecular weight excluding hydrogens is 324 g/mol. The van der Waals surface area contributed by atoms with Gasteiger partial charge >= 0.3 is 6.09 Å². The summed E-state index contributed by atoms with van der Waals surface area (Å²) in [6, 6.07) is 20.7. The number of amides is 1. The summed E-state index contributed by atoms with van der Waals surface area (Å²) in [4.78, 5) is 16.6. The van der Waals surface area contributed by atoms with E-state index in [1.54, 1.807) is 0 Å². The van der Waals surface area contributed by atoms with Gasteiger partial charge in [-0.15, -0.1) is 0 Å². The molecule has 4 nitrogen and oxygen atoms in total. The average Bonchev–Trinajstić information content (AvgIpc) is 2.66. The number of hydrogen-bond donors (Lipinski definition) is 0. The van der Waals surface area contributed by atoms with Gasteiger partial charge in [0.05, 0.1) is 0 Å². The Morgan fingerprint density at radius 2 is 1.73 bits per heavy atom. The van der Waals surface area contributed by atoms with Crippen molar-refractivity contribution < 1.29 is 9.53 Å². The molecule has 0 radical (unpaired) electrons. The minimum absolute atomic E-state index is 0.184. The van der Waals surface area contributed by atoms with Crippen LogP contribution in [-0.2, 0) is 17.9 Å². The molecule has 1 heterocycles. The number of nitrogens with zero attached hydrogens (tertiary/aromatic N) is 2. The Bertz CT molecular complexity index is 675. The van der Waals surface area contributed by atoms with Crippen LogP contribution >= 0.6 is 0 Å². The topological polar surface area (TPSA) is 32.8 Å². The molecule has 0 aliphatic carbocycles. The summed E-state index contributed by atoms with van der Waals surface area (Å²) in [6.45, 7) is 6.32. The molecule has 3 rings (SSSR count). The van der Waals surface area contributed by atoms with Gasteiger partial charge in [0.15, 0.2) is 0 Å². The van der Waals surface area contributed by atoms with Crippen molar-refractivity contribution in [2.24, 2.45) is 0 Å². The fourth-order valence-corrected chi connectivity index (χ4v) is 3.31. The van der Waals surface area contributed by atoms with Gasteiger partial charge in [0.25, 0.3) is 0 Å². The SMILES string of the molecule is CCN(CC[C@@H]1CCN1C(=O)OCc1ccccc1)Cc1ccccc1. The van der Waals surface area contributed by atoms with Gasteiger partial charge in [0, 0.05) is 25.7 Å². The Kier molecular flexibility index (Phi) is 6.67. The molecule has 4 heteroatoms. The summed E-state index contributed by atoms with van der Waals surface area (Å²) < 4.78 is 5.46. The average molecular weight is 352 g/mol. The van der Waals surface area contributed by atoms with E-state index in [1.807, 2.05) is 41.3 Å². The van der Waals surface area contributed by atoms with Gasteiger partial charge in [0.2, 0.25) is 0 Å². The van der Waals surface area contributed by atoms with Crippen LogP contribution in [-0.4, -0.2) is 41.6 Å². The van der Waals surface area contributed by atoms with Crippen molar-refractivity contribution in [1.82, 2.24) is 9.80 Å². The summed E-state index contributed by atoms with van der Waals surface area (Å²) in [5.41, 5.74) is 2.36. The van der Waals surface area contributed by atoms with Crippen LogP contribution in [0.2, 0.25) is 0 Å². The van der Waals surface area contributed by atoms with E-state index in [0.717, 1.165) is 44.6 Å². The zero-order valence-corrected chi connectivity index (χ0v) is 15.5. The number of benzene rings is 2. The first-order chi connectivity index (χ1) is 12.8. The maximum Gasteiger partial charge on any atom is 0.410 e. The molecule has 138 valence electrons. The lowest BCUT2D eigenvalue weighted by Gasteiger charge is -2.41. The van der Waals surface area contributed by atoms with Crippen molar-refractivity contribution in [3.8, 4) is 0 Å². The molecule has 0 bridgehead atoms. The highest BCUT2D eigenvalue weighted by Crippen LogP contribution is 2.22. The second-order valence-corrected chi connectivity index (χ2v) is 6.82. The van der Waals surface area contributed by atoms with Gasteiger partial charge in [-0.05, 0) is 30.5 Å². The zero-order chi connectivity index (χ0) is 18.2. The lowest BCUT2D eigenvalue weighted by Crippen LogP contribution is -2.52. The molecule has 1 aliphatic rings. The zero-order valence-electron chi connectivity index (χ0n) is 15.5. The van der Waals surface area contributed by atoms with Crippen molar-refractivity contribution >= 4 is 6.09 Å². The number of hydrogen-bond acceptors (Lipinski definition) is 3. The van der Waals surface area contributed by atoms with Gasteiger partial charge in [-0.3, -0.25) is 4.90 Å². The van der Waals surface area contributed by atoms with Crippen molar-refractivity contribution in [3.05, 3.63) is 71.8 Å². The summed E-state index contributed by atoms with van der Waals surface area (Å²) >= 11 is 0. The van der Waals surface area contributed by atoms with Crippen LogP contribution in [0.5, 0.6) is 0 Å². The largest absolute Gasteiger partial charge is 0.445 e. The molecule has 0 aromatic heterocycles. The van der Waals surface area contributed by atoms with E-state index in [9.17, 15) is 4.79 Å². The molecule has 0 saturated carbocycles. The van der Waals surface area contributed by atoms with Gasteiger partial charge in [0.1, 0.15) is 6.61 Å². The highest BCUT2D eigenvalue weighted by Gasteiger charge is 2.33. The molecule has 0 spiro atoms. The molecule has 1 fully saturated rings. The first-order valence-electron chi connectivity index (χ1n) is 9.50. The molecule has 0 unspecified atom stereocenters. The maximum absolute atomic E-state index is 12.3. The number of rotatable bonds is 8. The Morgan fingerprint density at radius 3 is 2.31 bits per heavy atom. The normalized spacial score (nSPS) is 16.4. The highest BCUT2D eigenvalue weighted by atomic mass is 16.6. The van der Waals surface area contributed by atoms with E-state index in [2.05, 4.69) is 36.1 Å². The number of likely N-dealkylation sites (tertiary alicyclic amines) is 1. The summed E-state index contributed by atoms with van der Waals surface area (Å²) in [6.07, 6.45) is 1.89. The molecule has 1 saturated heterocycles. The van der Waals surface area contributed by atoms with Crippen LogP contribution in [0.15, 0.2) is 60.7 Å². The van der Waals surface area contributed by atoms with E-state index >= 15 is 0 Å². The third-order valence-electron chi connectivity index (χ3n) is 5.06. The van der Waals surface area contributed by atoms with Gasteiger partial charge in [-0.1, -0.05) is 67.6 Å². The van der Waals surface area contributed by atoms with Gasteiger partial charge in [-0.2, -0.15) is 0 Å². The van der Waals surface area contributed by atoms with Gasteiger partial charge < -0.3 is 9.64 Å². The van der Waals surface area contributed by atoms with Crippen LogP contribution in [0.1, 0.15) is 30.9 Å². The van der Waals surface area contributed by atoms with Crippen LogP contribution in [0.25, 0.3) is 0 Å². The predicted octanol–water partition coefficient (Wildman–Crippen LogP) is 4.31. The molecule has 2 aromatic carbocycles. The van der Waals surface area contributed by atoms with Crippen molar-refractivity contribution in [2.45, 2.75) is 39.0 Å². The summed E-state index contributed by atoms with van der Waals surface area (Å²) in [7, 11) is 0. The third-order valence-corrected chi connectivity index (χ3v) is 5.06. The molecule has 26 heavy (non-hydrogen) atoms. The van der Waals surface area contributed by atoms with E-state index in [-0.39, 0.29) is 6.09 Å². The minimum Gasteiger partial charge on any atom is -0.445 e. The van der Waals surface area contributed by atoms with Crippen molar-refractivity contribution in [1.29, 1.82) is 0 Å². The van der Waals surface area contributed by atoms with Crippen molar-refractivity contribution in [3.63, 3.8) is 0 Å². The Labute approximate surface area is 156 Å². The summed E-state index contributed by atoms with van der Waals surface area (Å²) in [5, 5.41) is 0. The molecule has 1 amide bonds. The number of ether oxygens (including phenoxy) is 1. The fraction of sp³-hybridized carbons (Fsp3) is 0.409. The quantitative estimate of drug-likeness (QED) is 0.710. The Hall–Kier alpha value is -2.33. The molecule has 2 aromatic rings. The van der Waals surface area contributed by atoms with Crippen LogP contribution < -0.4 is 0 Å². The Morgan fingerprint density at radius 1 is 1.08 bits per heavy atom. The standard InChI is InChI=1S/C22H28N2O2/c1-2-23(17-19-9-5-3-6-10-19)15-13-21-14-16-24(21)22(25)26-18-20-11-7-4-8-12-20/h3-12,21H,2,13-18H2,1H3/t21-/m1/s1. The molecule has 0 N–H and O–H groups in total. The van der Waals surface area contributed by atoms with E-state index < -0.39 is 0 Å². The number of carbonyl (C=O) groups excluding carboxylic acids is 1. The Balaban J connectivity index is 1.42. The molecular formula is C22H28N2O2. The summed E-state index contributed by atoms with van der Waals surface area (Å²) in [5.74, 6) is 0. The van der Waals surface area contributed by atoms with Crippen LogP contribution in [0.4, 0.5) is 4.79 Å². The highest BCUT2D eigenvalue weighted by molar-refractivity contribution is 5.69. The number of carbonyl (C=O) groups is 1. The van der Waals surface area contributed by atoms with Crippen LogP contribution in [0.3, 0.4) is 0 Å². The maximum atomic E-state index is 12.3. The lowest BCUT2D eigenvalue weighted by atomic mass is 10.00. The second-order valence-electron chi connectivity index (χ2n) is 6.82. The monoisotopic (exact) mass is 352 g/mol. The minimum atomic E-state index is -0.184. The van der Waals surface area contributed by atoms with E-state index in [0.29, 0.717) is 12.6 Å². The lowest BCUT2D eigenvalue weighted by molar-refractivity contribution is 0.0370. The van der Waals surface area contributed by atoms with Crippen molar-refractivity contribution in [2.75, 3.05) is 19.6 Å². The third kappa shape index (κ3) is 5.09. The van der Waals surface area contributed by atoms with E-state index in [4.69, 9.17) is 4.74 Å². The van der Waals surface area contributed by atoms with Gasteiger partial charge in [-0.25, -0.2) is 4.79 Å².